The molecule has 0 spiro atoms. The van der Waals surface area contributed by atoms with Crippen LogP contribution in [0.3, 0.4) is 0 Å². The molecule has 0 saturated heterocycles. The molecule has 0 unspecified atom stereocenters. The molecule has 0 atom stereocenters. The number of amides is 4. The van der Waals surface area contributed by atoms with Gasteiger partial charge in [-0.15, -0.1) is 0 Å². The zero-order valence-corrected chi connectivity index (χ0v) is 46.2. The minimum absolute atomic E-state index is 0.112. The summed E-state index contributed by atoms with van der Waals surface area (Å²) in [6.07, 6.45) is 1.48. The van der Waals surface area contributed by atoms with Crippen molar-refractivity contribution in [3.63, 3.8) is 0 Å². The Kier molecular flexibility index (Phi) is 11.3. The van der Waals surface area contributed by atoms with Gasteiger partial charge in [0.25, 0.3) is 23.6 Å². The highest BCUT2D eigenvalue weighted by atomic mass is 16.5. The Morgan fingerprint density at radius 2 is 0.695 bits per heavy atom. The summed E-state index contributed by atoms with van der Waals surface area (Å²) in [7, 11) is 0. The van der Waals surface area contributed by atoms with E-state index in [0.717, 1.165) is 98.4 Å². The van der Waals surface area contributed by atoms with Crippen molar-refractivity contribution in [2.24, 2.45) is 0 Å². The van der Waals surface area contributed by atoms with Crippen molar-refractivity contribution in [2.45, 2.75) is 65.2 Å². The van der Waals surface area contributed by atoms with E-state index in [4.69, 9.17) is 9.47 Å². The van der Waals surface area contributed by atoms with Gasteiger partial charge in [-0.25, -0.2) is 9.80 Å². The summed E-state index contributed by atoms with van der Waals surface area (Å²) in [6, 6.07) is 53.0. The molecular formula is C72H54N2O8. The van der Waals surface area contributed by atoms with Crippen molar-refractivity contribution in [1.82, 2.24) is 0 Å². The van der Waals surface area contributed by atoms with Crippen LogP contribution in [0.5, 0.6) is 11.5 Å². The number of Topliss-reactive ketones (excluding diaryl/α,β-unsaturated/α-hetero) is 2. The molecule has 0 aliphatic carbocycles. The van der Waals surface area contributed by atoms with Gasteiger partial charge in [0.2, 0.25) is 11.6 Å². The minimum atomic E-state index is -0.683. The molecule has 0 aromatic heterocycles. The highest BCUT2D eigenvalue weighted by Crippen LogP contribution is 2.46. The standard InChI is InChI=1S/C72H54N2O8/c1-7-71(3,4)45-23-33-59(81-37-57(75)47-25-19-43-17-15-39-11-9-13-41-21-27-49(47)63(43)61(39)41)55(35-45)73-67(77)51-29-31-53-66-54(32-30-52(65(51)66)68(73)78)70(80)74(69(53)79)56-36-46(72(5,6)8-2)24-34-60(56)82-38-58(76)48-26-20-44-18-16-40-12-10-14-42-22-28-50(48)64(44)62(40)42/h9-36H,7-8,37-38H2,1-6H3. The van der Waals surface area contributed by atoms with E-state index in [1.54, 1.807) is 24.3 Å². The van der Waals surface area contributed by atoms with Gasteiger partial charge in [0.1, 0.15) is 11.5 Å². The molecule has 0 radical (unpaired) electrons. The summed E-state index contributed by atoms with van der Waals surface area (Å²) in [6.45, 7) is 11.6. The van der Waals surface area contributed by atoms with Crippen LogP contribution in [0.25, 0.3) is 75.4 Å². The fraction of sp³-hybridized carbons (Fsp3) is 0.167. The average Bonchev–Trinajstić information content (AvgIpc) is 3.64. The van der Waals surface area contributed by atoms with Crippen LogP contribution in [0.15, 0.2) is 170 Å². The van der Waals surface area contributed by atoms with E-state index in [1.807, 2.05) is 72.8 Å². The first-order chi connectivity index (χ1) is 39.6. The first-order valence-electron chi connectivity index (χ1n) is 27.9. The van der Waals surface area contributed by atoms with Crippen LogP contribution in [-0.2, 0) is 10.8 Å². The second-order valence-electron chi connectivity index (χ2n) is 23.2. The van der Waals surface area contributed by atoms with Crippen LogP contribution in [0.4, 0.5) is 11.4 Å². The van der Waals surface area contributed by atoms with E-state index >= 15 is 19.2 Å². The fourth-order valence-electron chi connectivity index (χ4n) is 12.6. The third-order valence-corrected chi connectivity index (χ3v) is 18.0. The average molecular weight is 1080 g/mol. The molecule has 10 nitrogen and oxygen atoms in total. The summed E-state index contributed by atoms with van der Waals surface area (Å²) in [4.78, 5) is 91.7. The molecule has 82 heavy (non-hydrogen) atoms. The van der Waals surface area contributed by atoms with Gasteiger partial charge in [0.15, 0.2) is 13.2 Å². The summed E-state index contributed by atoms with van der Waals surface area (Å²) in [5, 5.41) is 12.5. The van der Waals surface area contributed by atoms with Gasteiger partial charge < -0.3 is 9.47 Å². The predicted molar refractivity (Wildman–Crippen MR) is 326 cm³/mol. The molecule has 2 aliphatic heterocycles. The molecule has 0 fully saturated rings. The first-order valence-corrected chi connectivity index (χ1v) is 27.9. The third-order valence-electron chi connectivity index (χ3n) is 18.0. The number of imide groups is 2. The highest BCUT2D eigenvalue weighted by molar-refractivity contribution is 6.42. The molecule has 0 N–H and O–H groups in total. The van der Waals surface area contributed by atoms with E-state index in [-0.39, 0.29) is 91.5 Å². The molecule has 2 aliphatic rings. The molecule has 0 saturated carbocycles. The molecule has 14 rings (SSSR count). The Labute approximate surface area is 472 Å². The van der Waals surface area contributed by atoms with Crippen molar-refractivity contribution < 1.29 is 38.2 Å². The maximum Gasteiger partial charge on any atom is 0.266 e. The van der Waals surface area contributed by atoms with E-state index in [2.05, 4.69) is 90.1 Å². The Morgan fingerprint density at radius 3 is 1.04 bits per heavy atom. The Morgan fingerprint density at radius 1 is 0.378 bits per heavy atom. The number of ether oxygens (including phenoxy) is 2. The summed E-state index contributed by atoms with van der Waals surface area (Å²) in [5.41, 5.74) is 2.68. The number of hydrogen-bond donors (Lipinski definition) is 0. The number of carbonyl (C=O) groups excluding carboxylic acids is 6. The summed E-state index contributed by atoms with van der Waals surface area (Å²) >= 11 is 0. The smallest absolute Gasteiger partial charge is 0.266 e. The third kappa shape index (κ3) is 7.47. The Hall–Kier alpha value is -9.80. The number of ketones is 2. The van der Waals surface area contributed by atoms with Crippen molar-refractivity contribution >= 4 is 122 Å². The van der Waals surface area contributed by atoms with Gasteiger partial charge in [0, 0.05) is 44.2 Å². The lowest BCUT2D eigenvalue weighted by Crippen LogP contribution is -2.44. The van der Waals surface area contributed by atoms with Crippen LogP contribution in [0.2, 0.25) is 0 Å². The maximum atomic E-state index is 15.2. The maximum absolute atomic E-state index is 15.2. The normalized spacial score (nSPS) is 13.8. The minimum Gasteiger partial charge on any atom is -0.483 e. The van der Waals surface area contributed by atoms with Crippen molar-refractivity contribution in [3.05, 3.63) is 214 Å². The Balaban J connectivity index is 0.802. The van der Waals surface area contributed by atoms with Crippen molar-refractivity contribution in [1.29, 1.82) is 0 Å². The van der Waals surface area contributed by atoms with Gasteiger partial charge >= 0.3 is 0 Å². The van der Waals surface area contributed by atoms with Crippen LogP contribution in [0, 0.1) is 0 Å². The van der Waals surface area contributed by atoms with Crippen molar-refractivity contribution in [3.8, 4) is 11.5 Å². The van der Waals surface area contributed by atoms with Gasteiger partial charge in [0.05, 0.1) is 11.4 Å². The van der Waals surface area contributed by atoms with E-state index in [1.165, 1.54) is 24.3 Å². The lowest BCUT2D eigenvalue weighted by molar-refractivity contribution is 0.0869. The fourth-order valence-corrected chi connectivity index (χ4v) is 12.6. The van der Waals surface area contributed by atoms with E-state index < -0.39 is 23.6 Å². The predicted octanol–water partition coefficient (Wildman–Crippen LogP) is 16.1. The molecule has 0 bridgehead atoms. The number of anilines is 2. The quantitative estimate of drug-likeness (QED) is 0.0598. The number of rotatable bonds is 14. The van der Waals surface area contributed by atoms with Gasteiger partial charge in [-0.05, 0) is 148 Å². The number of benzene rings is 12. The lowest BCUT2D eigenvalue weighted by atomic mass is 9.81. The number of nitrogens with zero attached hydrogens (tertiary/aromatic N) is 2. The molecular weight excluding hydrogens is 1020 g/mol. The van der Waals surface area contributed by atoms with Gasteiger partial charge in [-0.1, -0.05) is 163 Å². The molecule has 12 aromatic rings. The first kappa shape index (κ1) is 50.4. The monoisotopic (exact) mass is 1070 g/mol. The lowest BCUT2D eigenvalue weighted by Gasteiger charge is -2.34. The van der Waals surface area contributed by atoms with Gasteiger partial charge in [-0.2, -0.15) is 0 Å². The van der Waals surface area contributed by atoms with Crippen LogP contribution in [0.1, 0.15) is 128 Å². The second-order valence-corrected chi connectivity index (χ2v) is 23.2. The molecule has 400 valence electrons. The van der Waals surface area contributed by atoms with Gasteiger partial charge in [-0.3, -0.25) is 28.8 Å². The highest BCUT2D eigenvalue weighted by Gasteiger charge is 2.43. The molecule has 4 amide bonds. The topological polar surface area (TPSA) is 127 Å². The SMILES string of the molecule is CCC(C)(C)c1ccc(OCC(=O)c2ccc3ccc4cccc5ccc2c3c45)c(N2C(=O)c3ccc4c5c(ccc(c35)C2=O)C(=O)N(c2cc(C(C)(C)CC)ccc2OCC(=O)c2ccc3ccc5cccc6ccc2c3c56)C4=O)c1. The summed E-state index contributed by atoms with van der Waals surface area (Å²) in [5.74, 6) is -2.98. The zero-order valence-electron chi connectivity index (χ0n) is 46.2. The van der Waals surface area contributed by atoms with Crippen LogP contribution in [-0.4, -0.2) is 48.4 Å². The molecule has 10 heteroatoms. The van der Waals surface area contributed by atoms with Crippen LogP contribution < -0.4 is 19.3 Å². The van der Waals surface area contributed by atoms with Crippen LogP contribution >= 0.6 is 0 Å². The Bertz CT molecular complexity index is 4410. The second kappa shape index (κ2) is 18.4. The number of carbonyl (C=O) groups is 6. The largest absolute Gasteiger partial charge is 0.483 e. The zero-order chi connectivity index (χ0) is 56.7. The molecule has 2 heterocycles. The summed E-state index contributed by atoms with van der Waals surface area (Å²) < 4.78 is 12.8. The molecule has 12 aromatic carbocycles. The van der Waals surface area contributed by atoms with E-state index in [9.17, 15) is 9.59 Å². The van der Waals surface area contributed by atoms with Crippen molar-refractivity contribution in [2.75, 3.05) is 23.0 Å². The number of hydrogen-bond acceptors (Lipinski definition) is 8. The van der Waals surface area contributed by atoms with E-state index in [0.29, 0.717) is 11.1 Å².